The van der Waals surface area contributed by atoms with Crippen molar-refractivity contribution in [1.82, 2.24) is 10.6 Å². The molecule has 0 aliphatic heterocycles. The highest BCUT2D eigenvalue weighted by Gasteiger charge is 2.15. The van der Waals surface area contributed by atoms with Gasteiger partial charge in [-0.05, 0) is 62.9 Å². The molecule has 0 saturated heterocycles. The topological polar surface area (TPSA) is 61.0 Å². The molecule has 4 rings (SSSR count). The highest BCUT2D eigenvalue weighted by molar-refractivity contribution is 5.40. The van der Waals surface area contributed by atoms with Crippen LogP contribution in [0, 0.1) is 0 Å². The van der Waals surface area contributed by atoms with Crippen LogP contribution < -0.4 is 24.8 Å². The number of ether oxygens (including phenoxy) is 4. The quantitative estimate of drug-likeness (QED) is 0.165. The molecule has 4 aromatic rings. The van der Waals surface area contributed by atoms with Crippen molar-refractivity contribution in [3.8, 4) is 17.2 Å². The van der Waals surface area contributed by atoms with Gasteiger partial charge in [-0.2, -0.15) is 0 Å². The number of para-hydroxylation sites is 3. The molecule has 4 aromatic carbocycles. The second kappa shape index (κ2) is 18.5. The van der Waals surface area contributed by atoms with E-state index in [-0.39, 0.29) is 12.2 Å². The first-order chi connectivity index (χ1) is 20.2. The Hall–Kier alpha value is -3.84. The van der Waals surface area contributed by atoms with E-state index in [9.17, 15) is 0 Å². The Morgan fingerprint density at radius 3 is 1.56 bits per heavy atom. The minimum Gasteiger partial charge on any atom is -0.496 e. The molecule has 0 heterocycles. The van der Waals surface area contributed by atoms with Gasteiger partial charge in [0.25, 0.3) is 0 Å². The molecule has 218 valence electrons. The predicted molar refractivity (Wildman–Crippen MR) is 167 cm³/mol. The molecular formula is C35H44N2O4. The van der Waals surface area contributed by atoms with Gasteiger partial charge < -0.3 is 29.6 Å². The maximum absolute atomic E-state index is 6.16. The summed E-state index contributed by atoms with van der Waals surface area (Å²) >= 11 is 0. The summed E-state index contributed by atoms with van der Waals surface area (Å²) in [6.45, 7) is 2.37. The van der Waals surface area contributed by atoms with Gasteiger partial charge in [0.05, 0.1) is 26.9 Å². The molecule has 0 spiro atoms. The largest absolute Gasteiger partial charge is 0.496 e. The molecule has 0 aliphatic carbocycles. The van der Waals surface area contributed by atoms with Gasteiger partial charge >= 0.3 is 0 Å². The number of methoxy groups -OCH3 is 2. The van der Waals surface area contributed by atoms with Crippen LogP contribution in [-0.2, 0) is 11.3 Å². The Balaban J connectivity index is 0.000000226. The van der Waals surface area contributed by atoms with E-state index in [4.69, 9.17) is 18.9 Å². The van der Waals surface area contributed by atoms with E-state index in [1.807, 2.05) is 99.0 Å². The normalized spacial score (nSPS) is 12.0. The first-order valence-electron chi connectivity index (χ1n) is 14.1. The van der Waals surface area contributed by atoms with E-state index in [1.165, 1.54) is 11.1 Å². The first-order valence-corrected chi connectivity index (χ1v) is 14.1. The Labute approximate surface area is 245 Å². The third-order valence-corrected chi connectivity index (χ3v) is 6.63. The summed E-state index contributed by atoms with van der Waals surface area (Å²) < 4.78 is 23.0. The SMILES string of the molecule is CNCCC(OCc1ccccc1OC)c1ccccc1.CNCCC(Oc1ccccc1OC)c1ccccc1. The zero-order valence-corrected chi connectivity index (χ0v) is 24.7. The highest BCUT2D eigenvalue weighted by Crippen LogP contribution is 2.32. The summed E-state index contributed by atoms with van der Waals surface area (Å²) in [5.74, 6) is 2.41. The lowest BCUT2D eigenvalue weighted by Crippen LogP contribution is -2.16. The second-order valence-corrected chi connectivity index (χ2v) is 9.47. The summed E-state index contributed by atoms with van der Waals surface area (Å²) in [5, 5.41) is 6.36. The fourth-order valence-electron chi connectivity index (χ4n) is 4.41. The maximum atomic E-state index is 6.16. The van der Waals surface area contributed by atoms with Crippen LogP contribution >= 0.6 is 0 Å². The van der Waals surface area contributed by atoms with Crippen LogP contribution in [0.5, 0.6) is 17.2 Å². The van der Waals surface area contributed by atoms with Gasteiger partial charge in [0.15, 0.2) is 11.5 Å². The number of nitrogens with one attached hydrogen (secondary N) is 2. The average Bonchev–Trinajstić information content (AvgIpc) is 3.04. The zero-order valence-electron chi connectivity index (χ0n) is 24.7. The van der Waals surface area contributed by atoms with Crippen molar-refractivity contribution in [3.63, 3.8) is 0 Å². The van der Waals surface area contributed by atoms with Crippen molar-refractivity contribution in [2.75, 3.05) is 41.4 Å². The molecule has 2 atom stereocenters. The van der Waals surface area contributed by atoms with Crippen molar-refractivity contribution in [2.24, 2.45) is 0 Å². The molecule has 0 saturated carbocycles. The van der Waals surface area contributed by atoms with Crippen LogP contribution in [0.15, 0.2) is 109 Å². The van der Waals surface area contributed by atoms with Gasteiger partial charge in [0.1, 0.15) is 11.9 Å². The Morgan fingerprint density at radius 2 is 1.00 bits per heavy atom. The highest BCUT2D eigenvalue weighted by atomic mass is 16.5. The van der Waals surface area contributed by atoms with Gasteiger partial charge in [-0.25, -0.2) is 0 Å². The molecule has 0 amide bonds. The van der Waals surface area contributed by atoms with Crippen LogP contribution in [0.25, 0.3) is 0 Å². The Bertz CT molecular complexity index is 1240. The van der Waals surface area contributed by atoms with Crippen molar-refractivity contribution >= 4 is 0 Å². The monoisotopic (exact) mass is 556 g/mol. The van der Waals surface area contributed by atoms with Crippen LogP contribution in [0.3, 0.4) is 0 Å². The van der Waals surface area contributed by atoms with Crippen molar-refractivity contribution in [3.05, 3.63) is 126 Å². The van der Waals surface area contributed by atoms with Crippen LogP contribution in [-0.4, -0.2) is 41.4 Å². The van der Waals surface area contributed by atoms with Gasteiger partial charge in [0, 0.05) is 12.0 Å². The lowest BCUT2D eigenvalue weighted by Gasteiger charge is -2.21. The third-order valence-electron chi connectivity index (χ3n) is 6.63. The molecule has 41 heavy (non-hydrogen) atoms. The first kappa shape index (κ1) is 31.7. The van der Waals surface area contributed by atoms with Gasteiger partial charge in [0.2, 0.25) is 0 Å². The molecule has 2 N–H and O–H groups in total. The zero-order chi connectivity index (χ0) is 29.1. The van der Waals surface area contributed by atoms with Crippen LogP contribution in [0.2, 0.25) is 0 Å². The molecule has 0 radical (unpaired) electrons. The van der Waals surface area contributed by atoms with Gasteiger partial charge in [-0.1, -0.05) is 91.0 Å². The fourth-order valence-corrected chi connectivity index (χ4v) is 4.41. The lowest BCUT2D eigenvalue weighted by molar-refractivity contribution is 0.0334. The Kier molecular flexibility index (Phi) is 14.3. The summed E-state index contributed by atoms with van der Waals surface area (Å²) in [6, 6.07) is 36.4. The van der Waals surface area contributed by atoms with Crippen molar-refractivity contribution < 1.29 is 18.9 Å². The van der Waals surface area contributed by atoms with Gasteiger partial charge in [-0.3, -0.25) is 0 Å². The fraction of sp³-hybridized carbons (Fsp3) is 0.314. The summed E-state index contributed by atoms with van der Waals surface area (Å²) in [5.41, 5.74) is 3.46. The standard InChI is InChI=1S/C18H23NO2.C17H21NO2/c1-19-13-12-18(15-8-4-3-5-9-15)21-14-16-10-6-7-11-17(16)20-2;1-18-13-12-15(14-8-4-3-5-9-14)20-17-11-7-6-10-16(17)19-2/h3-11,18-19H,12-14H2,1-2H3;3-11,15,18H,12-13H2,1-2H3. The lowest BCUT2D eigenvalue weighted by atomic mass is 10.1. The predicted octanol–water partition coefficient (Wildman–Crippen LogP) is 6.99. The molecule has 0 bridgehead atoms. The van der Waals surface area contributed by atoms with Crippen LogP contribution in [0.4, 0.5) is 0 Å². The molecular weight excluding hydrogens is 512 g/mol. The smallest absolute Gasteiger partial charge is 0.162 e. The molecule has 6 nitrogen and oxygen atoms in total. The second-order valence-electron chi connectivity index (χ2n) is 9.47. The minimum absolute atomic E-state index is 0.0138. The summed E-state index contributed by atoms with van der Waals surface area (Å²) in [6.07, 6.45) is 1.94. The van der Waals surface area contributed by atoms with E-state index in [2.05, 4.69) is 34.9 Å². The van der Waals surface area contributed by atoms with Crippen LogP contribution in [0.1, 0.15) is 41.7 Å². The molecule has 0 fully saturated rings. The average molecular weight is 557 g/mol. The molecule has 2 unspecified atom stereocenters. The number of hydrogen-bond acceptors (Lipinski definition) is 6. The number of benzene rings is 4. The number of hydrogen-bond donors (Lipinski definition) is 2. The summed E-state index contributed by atoms with van der Waals surface area (Å²) in [4.78, 5) is 0. The molecule has 0 aliphatic rings. The van der Waals surface area contributed by atoms with E-state index in [0.717, 1.165) is 48.7 Å². The minimum atomic E-state index is 0.0138. The van der Waals surface area contributed by atoms with E-state index >= 15 is 0 Å². The van der Waals surface area contributed by atoms with E-state index in [0.29, 0.717) is 6.61 Å². The van der Waals surface area contributed by atoms with E-state index in [1.54, 1.807) is 14.2 Å². The van der Waals surface area contributed by atoms with Gasteiger partial charge in [-0.15, -0.1) is 0 Å². The molecule has 0 aromatic heterocycles. The number of rotatable bonds is 15. The van der Waals surface area contributed by atoms with E-state index < -0.39 is 0 Å². The maximum Gasteiger partial charge on any atom is 0.162 e. The Morgan fingerprint density at radius 1 is 0.537 bits per heavy atom. The molecule has 6 heteroatoms. The van der Waals surface area contributed by atoms with Crippen molar-refractivity contribution in [2.45, 2.75) is 31.7 Å². The van der Waals surface area contributed by atoms with Crippen molar-refractivity contribution in [1.29, 1.82) is 0 Å². The third kappa shape index (κ3) is 10.6. The summed E-state index contributed by atoms with van der Waals surface area (Å²) in [7, 11) is 7.26.